The molecule has 0 amide bonds. The Hall–Kier alpha value is -0.790. The lowest BCUT2D eigenvalue weighted by molar-refractivity contribution is 1.59. The standard InChI is InChI=1S/C12H8BrCl/c13-10-6-7-11(12(14)8-10)9-4-2-1-3-5-9/h1-8H/i1D,2D,3D,4D,5D. The van der Waals surface area contributed by atoms with E-state index in [1.165, 1.54) is 0 Å². The van der Waals surface area contributed by atoms with Crippen molar-refractivity contribution in [1.29, 1.82) is 0 Å². The molecule has 2 aromatic rings. The predicted molar refractivity (Wildman–Crippen MR) is 64.6 cm³/mol. The summed E-state index contributed by atoms with van der Waals surface area (Å²) in [4.78, 5) is 0. The average Bonchev–Trinajstić information content (AvgIpc) is 2.37. The van der Waals surface area contributed by atoms with E-state index in [-0.39, 0.29) is 29.7 Å². The molecule has 70 valence electrons. The highest BCUT2D eigenvalue weighted by Gasteiger charge is 2.02. The molecule has 0 saturated carbocycles. The maximum absolute atomic E-state index is 7.88. The molecule has 0 radical (unpaired) electrons. The number of benzene rings is 2. The monoisotopic (exact) mass is 271 g/mol. The molecule has 14 heavy (non-hydrogen) atoms. The van der Waals surface area contributed by atoms with Gasteiger partial charge in [0.15, 0.2) is 0 Å². The molecule has 2 aromatic carbocycles. The lowest BCUT2D eigenvalue weighted by Crippen LogP contribution is -1.78. The van der Waals surface area contributed by atoms with Gasteiger partial charge in [-0.05, 0) is 17.7 Å². The summed E-state index contributed by atoms with van der Waals surface area (Å²) in [7, 11) is 0. The van der Waals surface area contributed by atoms with Crippen molar-refractivity contribution in [3.05, 3.63) is 57.9 Å². The molecule has 0 aliphatic heterocycles. The van der Waals surface area contributed by atoms with Gasteiger partial charge in [0.05, 0.1) is 6.85 Å². The Morgan fingerprint density at radius 1 is 1.14 bits per heavy atom. The van der Waals surface area contributed by atoms with Crippen LogP contribution in [0.3, 0.4) is 0 Å². The van der Waals surface area contributed by atoms with Gasteiger partial charge < -0.3 is 0 Å². The van der Waals surface area contributed by atoms with E-state index in [0.29, 0.717) is 10.6 Å². The van der Waals surface area contributed by atoms with Gasteiger partial charge in [-0.3, -0.25) is 0 Å². The van der Waals surface area contributed by atoms with E-state index in [1.54, 1.807) is 18.2 Å². The third-order valence-electron chi connectivity index (χ3n) is 1.70. The molecule has 0 aliphatic carbocycles. The fourth-order valence-electron chi connectivity index (χ4n) is 1.08. The van der Waals surface area contributed by atoms with Gasteiger partial charge >= 0.3 is 0 Å². The van der Waals surface area contributed by atoms with Crippen LogP contribution >= 0.6 is 27.5 Å². The van der Waals surface area contributed by atoms with Gasteiger partial charge in [-0.2, -0.15) is 0 Å². The van der Waals surface area contributed by atoms with Crippen molar-refractivity contribution >= 4 is 27.5 Å². The van der Waals surface area contributed by atoms with Crippen molar-refractivity contribution in [2.75, 3.05) is 0 Å². The molecule has 0 aliphatic rings. The first-order valence-corrected chi connectivity index (χ1v) is 5.04. The van der Waals surface area contributed by atoms with Gasteiger partial charge in [0.2, 0.25) is 0 Å². The van der Waals surface area contributed by atoms with Crippen LogP contribution < -0.4 is 0 Å². The molecule has 0 spiro atoms. The molecular weight excluding hydrogens is 259 g/mol. The van der Waals surface area contributed by atoms with Crippen LogP contribution in [0, 0.1) is 0 Å². The maximum atomic E-state index is 7.88. The molecule has 0 unspecified atom stereocenters. The first kappa shape index (κ1) is 5.34. The van der Waals surface area contributed by atoms with E-state index in [4.69, 9.17) is 18.5 Å². The fraction of sp³-hybridized carbons (Fsp3) is 0. The van der Waals surface area contributed by atoms with Crippen molar-refractivity contribution in [2.45, 2.75) is 0 Å². The summed E-state index contributed by atoms with van der Waals surface area (Å²) in [6.45, 7) is 0. The van der Waals surface area contributed by atoms with E-state index in [2.05, 4.69) is 15.9 Å². The zero-order valence-corrected chi connectivity index (χ0v) is 9.33. The van der Waals surface area contributed by atoms with Gasteiger partial charge in [0.1, 0.15) is 0 Å². The quantitative estimate of drug-likeness (QED) is 0.701. The number of halogens is 2. The maximum Gasteiger partial charge on any atom is 0.0629 e. The van der Waals surface area contributed by atoms with Crippen LogP contribution in [0.5, 0.6) is 0 Å². The van der Waals surface area contributed by atoms with Gasteiger partial charge in [0, 0.05) is 15.1 Å². The van der Waals surface area contributed by atoms with Crippen LogP contribution in [0.2, 0.25) is 5.02 Å². The van der Waals surface area contributed by atoms with E-state index in [1.807, 2.05) is 0 Å². The highest BCUT2D eigenvalue weighted by Crippen LogP contribution is 2.29. The Labute approximate surface area is 104 Å². The van der Waals surface area contributed by atoms with Crippen LogP contribution in [0.4, 0.5) is 0 Å². The van der Waals surface area contributed by atoms with E-state index in [0.717, 1.165) is 4.47 Å². The summed E-state index contributed by atoms with van der Waals surface area (Å²) in [5, 5.41) is 0.327. The molecule has 0 N–H and O–H groups in total. The van der Waals surface area contributed by atoms with E-state index < -0.39 is 6.04 Å². The van der Waals surface area contributed by atoms with Crippen molar-refractivity contribution in [3.63, 3.8) is 0 Å². The normalized spacial score (nSPS) is 15.1. The summed E-state index contributed by atoms with van der Waals surface area (Å²) in [5.74, 6) is 0. The molecule has 0 heterocycles. The zero-order chi connectivity index (χ0) is 14.3. The van der Waals surface area contributed by atoms with Crippen molar-refractivity contribution in [2.24, 2.45) is 0 Å². The smallest absolute Gasteiger partial charge is 0.0629 e. The van der Waals surface area contributed by atoms with Crippen molar-refractivity contribution in [1.82, 2.24) is 0 Å². The predicted octanol–water partition coefficient (Wildman–Crippen LogP) is 4.77. The second kappa shape index (κ2) is 4.16. The summed E-state index contributed by atoms with van der Waals surface area (Å²) in [6, 6.07) is 3.31. The van der Waals surface area contributed by atoms with Crippen LogP contribution in [0.25, 0.3) is 11.1 Å². The van der Waals surface area contributed by atoms with Gasteiger partial charge in [-0.15, -0.1) is 0 Å². The minimum Gasteiger partial charge on any atom is -0.0836 e. The highest BCUT2D eigenvalue weighted by molar-refractivity contribution is 9.10. The lowest BCUT2D eigenvalue weighted by atomic mass is 10.1. The Balaban J connectivity index is 2.83. The molecule has 0 aromatic heterocycles. The van der Waals surface area contributed by atoms with E-state index in [9.17, 15) is 0 Å². The van der Waals surface area contributed by atoms with E-state index >= 15 is 0 Å². The summed E-state index contributed by atoms with van der Waals surface area (Å²) >= 11 is 9.35. The molecule has 2 heteroatoms. The highest BCUT2D eigenvalue weighted by atomic mass is 79.9. The minimum atomic E-state index is -0.410. The molecule has 0 nitrogen and oxygen atoms in total. The molecule has 0 bridgehead atoms. The zero-order valence-electron chi connectivity index (χ0n) is 12.0. The SMILES string of the molecule is [2H]c1c([2H])c([2H])c(-c2ccc(Br)cc2Cl)c([2H])c1[2H]. The molecule has 0 fully saturated rings. The molecule has 0 atom stereocenters. The number of hydrogen-bond donors (Lipinski definition) is 0. The van der Waals surface area contributed by atoms with Crippen LogP contribution in [-0.4, -0.2) is 0 Å². The van der Waals surface area contributed by atoms with Crippen molar-refractivity contribution < 1.29 is 6.85 Å². The first-order chi connectivity index (χ1) is 8.84. The number of rotatable bonds is 1. The lowest BCUT2D eigenvalue weighted by Gasteiger charge is -2.04. The van der Waals surface area contributed by atoms with Crippen molar-refractivity contribution in [3.8, 4) is 11.1 Å². The topological polar surface area (TPSA) is 0 Å². The summed E-state index contributed by atoms with van der Waals surface area (Å²) in [5.41, 5.74) is 0.533. The molecule has 0 saturated heterocycles. The first-order valence-electron chi connectivity index (χ1n) is 6.37. The third kappa shape index (κ3) is 1.99. The third-order valence-corrected chi connectivity index (χ3v) is 2.51. The minimum absolute atomic E-state index is 0.114. The van der Waals surface area contributed by atoms with Crippen LogP contribution in [-0.2, 0) is 0 Å². The van der Waals surface area contributed by atoms with Gasteiger partial charge in [-0.1, -0.05) is 63.8 Å². The van der Waals surface area contributed by atoms with Crippen LogP contribution in [0.15, 0.2) is 52.9 Å². The summed E-state index contributed by atoms with van der Waals surface area (Å²) < 4.78 is 39.3. The van der Waals surface area contributed by atoms with Gasteiger partial charge in [-0.25, -0.2) is 0 Å². The second-order valence-electron chi connectivity index (χ2n) is 2.62. The van der Waals surface area contributed by atoms with Crippen LogP contribution in [0.1, 0.15) is 6.85 Å². The largest absolute Gasteiger partial charge is 0.0836 e. The van der Waals surface area contributed by atoms with Gasteiger partial charge in [0.25, 0.3) is 0 Å². The molecular formula is C12H8BrCl. The Morgan fingerprint density at radius 2 is 1.86 bits per heavy atom. The Kier molecular flexibility index (Phi) is 1.58. The molecule has 2 rings (SSSR count). The Bertz CT molecular complexity index is 643. The average molecular weight is 273 g/mol. The fourth-order valence-corrected chi connectivity index (χ4v) is 1.84. The summed E-state index contributed by atoms with van der Waals surface area (Å²) in [6.07, 6.45) is 0. The Morgan fingerprint density at radius 3 is 2.50 bits per heavy atom. The number of hydrogen-bond acceptors (Lipinski definition) is 0. The second-order valence-corrected chi connectivity index (χ2v) is 3.95.